The zero-order valence-electron chi connectivity index (χ0n) is 16.5. The van der Waals surface area contributed by atoms with Gasteiger partial charge in [-0.15, -0.1) is 11.3 Å². The van der Waals surface area contributed by atoms with Gasteiger partial charge < -0.3 is 10.1 Å². The SMILES string of the molecule is CCOC(=O)c1cc(CN2C(=O)c3ccccc3C2=O)sc1NC(=O)c1ccncc1. The first-order chi connectivity index (χ1) is 15.0. The first-order valence-electron chi connectivity index (χ1n) is 9.46. The van der Waals surface area contributed by atoms with Crippen molar-refractivity contribution in [3.05, 3.63) is 82.0 Å². The lowest BCUT2D eigenvalue weighted by Gasteiger charge is -2.12. The zero-order chi connectivity index (χ0) is 22.0. The van der Waals surface area contributed by atoms with Crippen LogP contribution in [0.3, 0.4) is 0 Å². The van der Waals surface area contributed by atoms with Gasteiger partial charge in [0.05, 0.1) is 29.8 Å². The van der Waals surface area contributed by atoms with Crippen molar-refractivity contribution in [2.75, 3.05) is 11.9 Å². The van der Waals surface area contributed by atoms with Crippen LogP contribution in [0.4, 0.5) is 5.00 Å². The number of aromatic nitrogens is 1. The van der Waals surface area contributed by atoms with Gasteiger partial charge in [0.2, 0.25) is 0 Å². The Morgan fingerprint density at radius 1 is 1.06 bits per heavy atom. The van der Waals surface area contributed by atoms with Gasteiger partial charge in [0.15, 0.2) is 0 Å². The minimum absolute atomic E-state index is 0.0193. The molecule has 3 amide bonds. The van der Waals surface area contributed by atoms with Crippen LogP contribution in [-0.4, -0.2) is 40.2 Å². The second kappa shape index (κ2) is 8.49. The second-order valence-corrected chi connectivity index (χ2v) is 7.74. The van der Waals surface area contributed by atoms with Crippen LogP contribution >= 0.6 is 11.3 Å². The van der Waals surface area contributed by atoms with Crippen LogP contribution in [-0.2, 0) is 11.3 Å². The summed E-state index contributed by atoms with van der Waals surface area (Å²) in [6, 6.07) is 11.2. The summed E-state index contributed by atoms with van der Waals surface area (Å²) >= 11 is 1.11. The molecular formula is C22H17N3O5S. The topological polar surface area (TPSA) is 106 Å². The largest absolute Gasteiger partial charge is 0.462 e. The molecule has 0 bridgehead atoms. The average Bonchev–Trinajstić information content (AvgIpc) is 3.29. The highest BCUT2D eigenvalue weighted by molar-refractivity contribution is 7.16. The maximum atomic E-state index is 12.6. The van der Waals surface area contributed by atoms with E-state index in [1.807, 2.05) is 0 Å². The van der Waals surface area contributed by atoms with Crippen molar-refractivity contribution in [1.29, 1.82) is 0 Å². The Bertz CT molecular complexity index is 1150. The molecule has 1 aliphatic heterocycles. The summed E-state index contributed by atoms with van der Waals surface area (Å²) in [6.45, 7) is 1.83. The standard InChI is InChI=1S/C22H17N3O5S/c1-2-30-22(29)17-11-14(31-19(17)24-18(26)13-7-9-23-10-8-13)12-25-20(27)15-5-3-4-6-16(15)21(25)28/h3-11H,2,12H2,1H3,(H,24,26). The highest BCUT2D eigenvalue weighted by atomic mass is 32.1. The quantitative estimate of drug-likeness (QED) is 0.470. The van der Waals surface area contributed by atoms with Gasteiger partial charge in [-0.3, -0.25) is 24.3 Å². The van der Waals surface area contributed by atoms with Crippen molar-refractivity contribution in [2.45, 2.75) is 13.5 Å². The van der Waals surface area contributed by atoms with E-state index in [2.05, 4.69) is 10.3 Å². The van der Waals surface area contributed by atoms with E-state index in [1.54, 1.807) is 43.3 Å². The fourth-order valence-electron chi connectivity index (χ4n) is 3.19. The van der Waals surface area contributed by atoms with Crippen molar-refractivity contribution in [1.82, 2.24) is 9.88 Å². The Labute approximate surface area is 181 Å². The number of nitrogens with one attached hydrogen (secondary N) is 1. The highest BCUT2D eigenvalue weighted by Gasteiger charge is 2.35. The van der Waals surface area contributed by atoms with Gasteiger partial charge >= 0.3 is 5.97 Å². The van der Waals surface area contributed by atoms with Crippen LogP contribution in [0.25, 0.3) is 0 Å². The molecule has 9 heteroatoms. The maximum absolute atomic E-state index is 12.6. The van der Waals surface area contributed by atoms with Crippen molar-refractivity contribution in [3.8, 4) is 0 Å². The molecule has 31 heavy (non-hydrogen) atoms. The number of rotatable bonds is 6. The maximum Gasteiger partial charge on any atom is 0.341 e. The van der Waals surface area contributed by atoms with E-state index in [4.69, 9.17) is 4.74 Å². The van der Waals surface area contributed by atoms with Crippen LogP contribution in [0.1, 0.15) is 53.2 Å². The molecule has 0 aliphatic carbocycles. The molecule has 1 aliphatic rings. The molecule has 1 N–H and O–H groups in total. The number of hydrogen-bond donors (Lipinski definition) is 1. The van der Waals surface area contributed by atoms with Gasteiger partial charge in [-0.25, -0.2) is 4.79 Å². The predicted molar refractivity (Wildman–Crippen MR) is 113 cm³/mol. The molecule has 0 atom stereocenters. The van der Waals surface area contributed by atoms with Crippen LogP contribution in [0.2, 0.25) is 0 Å². The molecule has 2 aromatic heterocycles. The Morgan fingerprint density at radius 3 is 2.32 bits per heavy atom. The third-order valence-electron chi connectivity index (χ3n) is 4.64. The number of ether oxygens (including phenoxy) is 1. The van der Waals surface area contributed by atoms with Crippen LogP contribution in [0, 0.1) is 0 Å². The molecule has 4 rings (SSSR count). The third-order valence-corrected chi connectivity index (χ3v) is 5.68. The lowest BCUT2D eigenvalue weighted by atomic mass is 10.1. The number of fused-ring (bicyclic) bond motifs is 1. The first kappa shape index (κ1) is 20.4. The van der Waals surface area contributed by atoms with Crippen LogP contribution in [0.5, 0.6) is 0 Å². The summed E-state index contributed by atoms with van der Waals surface area (Å²) in [5.41, 5.74) is 1.24. The number of imide groups is 1. The highest BCUT2D eigenvalue weighted by Crippen LogP contribution is 2.32. The van der Waals surface area contributed by atoms with Gasteiger partial charge in [0.1, 0.15) is 5.00 Å². The molecular weight excluding hydrogens is 418 g/mol. The van der Waals surface area contributed by atoms with Gasteiger partial charge in [0, 0.05) is 22.8 Å². The molecule has 0 saturated carbocycles. The van der Waals surface area contributed by atoms with Gasteiger partial charge in [-0.2, -0.15) is 0 Å². The smallest absolute Gasteiger partial charge is 0.341 e. The number of anilines is 1. The molecule has 1 aromatic carbocycles. The summed E-state index contributed by atoms with van der Waals surface area (Å²) < 4.78 is 5.09. The Kier molecular flexibility index (Phi) is 5.59. The Balaban J connectivity index is 1.61. The molecule has 0 unspecified atom stereocenters. The number of esters is 1. The number of carbonyl (C=O) groups excluding carboxylic acids is 4. The van der Waals surface area contributed by atoms with Crippen molar-refractivity contribution >= 4 is 40.0 Å². The van der Waals surface area contributed by atoms with Gasteiger partial charge in [-0.05, 0) is 37.3 Å². The fraction of sp³-hybridized carbons (Fsp3) is 0.136. The lowest BCUT2D eigenvalue weighted by Crippen LogP contribution is -2.28. The normalized spacial score (nSPS) is 12.6. The molecule has 0 radical (unpaired) electrons. The van der Waals surface area contributed by atoms with Crippen molar-refractivity contribution < 1.29 is 23.9 Å². The number of hydrogen-bond acceptors (Lipinski definition) is 7. The number of carbonyl (C=O) groups is 4. The number of amides is 3. The molecule has 0 spiro atoms. The predicted octanol–water partition coefficient (Wildman–Crippen LogP) is 3.37. The number of thiophene rings is 1. The molecule has 8 nitrogen and oxygen atoms in total. The summed E-state index contributed by atoms with van der Waals surface area (Å²) in [4.78, 5) is 55.8. The van der Waals surface area contributed by atoms with E-state index in [-0.39, 0.29) is 23.7 Å². The minimum Gasteiger partial charge on any atom is -0.462 e. The van der Waals surface area contributed by atoms with E-state index in [9.17, 15) is 19.2 Å². The van der Waals surface area contributed by atoms with E-state index in [1.165, 1.54) is 18.5 Å². The first-order valence-corrected chi connectivity index (χ1v) is 10.3. The second-order valence-electron chi connectivity index (χ2n) is 6.61. The Hall–Kier alpha value is -3.85. The van der Waals surface area contributed by atoms with Crippen LogP contribution in [0.15, 0.2) is 54.9 Å². The summed E-state index contributed by atoms with van der Waals surface area (Å²) in [6.07, 6.45) is 2.98. The monoisotopic (exact) mass is 435 g/mol. The van der Waals surface area contributed by atoms with Crippen molar-refractivity contribution in [3.63, 3.8) is 0 Å². The van der Waals surface area contributed by atoms with E-state index >= 15 is 0 Å². The van der Waals surface area contributed by atoms with Gasteiger partial charge in [0.25, 0.3) is 17.7 Å². The summed E-state index contributed by atoms with van der Waals surface area (Å²) in [7, 11) is 0. The molecule has 3 heterocycles. The van der Waals surface area contributed by atoms with Crippen molar-refractivity contribution in [2.24, 2.45) is 0 Å². The van der Waals surface area contributed by atoms with Crippen LogP contribution < -0.4 is 5.32 Å². The lowest BCUT2D eigenvalue weighted by molar-refractivity contribution is 0.0527. The summed E-state index contributed by atoms with van der Waals surface area (Å²) in [5.74, 6) is -1.80. The molecule has 3 aromatic rings. The number of nitrogens with zero attached hydrogens (tertiary/aromatic N) is 2. The number of pyridine rings is 1. The third kappa shape index (κ3) is 3.95. The van der Waals surface area contributed by atoms with Gasteiger partial charge in [-0.1, -0.05) is 12.1 Å². The summed E-state index contributed by atoms with van der Waals surface area (Å²) in [5, 5.41) is 3.00. The van der Waals surface area contributed by atoms with E-state index in [0.717, 1.165) is 16.2 Å². The molecule has 0 fully saturated rings. The molecule has 156 valence electrons. The molecule has 0 saturated heterocycles. The number of benzene rings is 1. The minimum atomic E-state index is -0.600. The van der Waals surface area contributed by atoms with E-state index in [0.29, 0.717) is 21.6 Å². The Morgan fingerprint density at radius 2 is 1.71 bits per heavy atom. The fourth-order valence-corrected chi connectivity index (χ4v) is 4.22. The zero-order valence-corrected chi connectivity index (χ0v) is 17.3. The average molecular weight is 435 g/mol. The van der Waals surface area contributed by atoms with E-state index < -0.39 is 23.7 Å².